The number of anilines is 1. The molecule has 0 unspecified atom stereocenters. The number of halogens is 3. The Kier molecular flexibility index (Phi) is 5.51. The average molecular weight is 404 g/mol. The molecule has 23 heavy (non-hydrogen) atoms. The highest BCUT2D eigenvalue weighted by Gasteiger charge is 2.15. The molecule has 0 aromatic heterocycles. The number of nitrogens with zero attached hydrogens (tertiary/aromatic N) is 1. The average Bonchev–Trinajstić information content (AvgIpc) is 2.48. The molecule has 0 heterocycles. The van der Waals surface area contributed by atoms with E-state index in [1.807, 2.05) is 0 Å². The lowest BCUT2D eigenvalue weighted by molar-refractivity contribution is -0.387. The molecule has 0 bridgehead atoms. The standard InChI is InChI=1S/C14H9BrClFN2O4/c15-10-5-8(16)1-4-13(10)23-7-14(20)18-9-2-3-11(17)12(6-9)19(21)22/h1-6H,7H2,(H,18,20). The van der Waals surface area contributed by atoms with Crippen molar-refractivity contribution in [1.29, 1.82) is 0 Å². The van der Waals surface area contributed by atoms with Crippen molar-refractivity contribution in [1.82, 2.24) is 0 Å². The fourth-order valence-corrected chi connectivity index (χ4v) is 2.46. The second kappa shape index (κ2) is 7.38. The van der Waals surface area contributed by atoms with Crippen LogP contribution in [0.2, 0.25) is 5.02 Å². The first-order chi connectivity index (χ1) is 10.9. The molecule has 1 amide bonds. The Bertz CT molecular complexity index is 772. The van der Waals surface area contributed by atoms with Gasteiger partial charge in [-0.05, 0) is 46.3 Å². The summed E-state index contributed by atoms with van der Waals surface area (Å²) < 4.78 is 19.1. The first-order valence-electron chi connectivity index (χ1n) is 6.18. The number of amides is 1. The van der Waals surface area contributed by atoms with E-state index >= 15 is 0 Å². The summed E-state index contributed by atoms with van der Waals surface area (Å²) in [5, 5.41) is 13.5. The molecule has 0 aliphatic rings. The van der Waals surface area contributed by atoms with E-state index < -0.39 is 22.3 Å². The zero-order valence-electron chi connectivity index (χ0n) is 11.4. The van der Waals surface area contributed by atoms with Crippen molar-refractivity contribution >= 4 is 44.8 Å². The molecule has 0 fully saturated rings. The third-order valence-electron chi connectivity index (χ3n) is 2.68. The van der Waals surface area contributed by atoms with Crippen molar-refractivity contribution in [2.75, 3.05) is 11.9 Å². The maximum Gasteiger partial charge on any atom is 0.306 e. The van der Waals surface area contributed by atoms with E-state index in [0.29, 0.717) is 15.2 Å². The van der Waals surface area contributed by atoms with Crippen LogP contribution < -0.4 is 10.1 Å². The number of carbonyl (C=O) groups is 1. The fraction of sp³-hybridized carbons (Fsp3) is 0.0714. The lowest BCUT2D eigenvalue weighted by Crippen LogP contribution is -2.20. The van der Waals surface area contributed by atoms with Gasteiger partial charge in [-0.2, -0.15) is 4.39 Å². The lowest BCUT2D eigenvalue weighted by atomic mass is 10.2. The second-order valence-corrected chi connectivity index (χ2v) is 5.63. The number of nitrogens with one attached hydrogen (secondary N) is 1. The number of benzene rings is 2. The Balaban J connectivity index is 2.00. The normalized spacial score (nSPS) is 10.2. The van der Waals surface area contributed by atoms with Gasteiger partial charge in [-0.3, -0.25) is 14.9 Å². The Morgan fingerprint density at radius 3 is 2.74 bits per heavy atom. The van der Waals surface area contributed by atoms with Crippen LogP contribution in [0.1, 0.15) is 0 Å². The topological polar surface area (TPSA) is 81.5 Å². The Morgan fingerprint density at radius 1 is 1.35 bits per heavy atom. The van der Waals surface area contributed by atoms with E-state index in [-0.39, 0.29) is 12.3 Å². The van der Waals surface area contributed by atoms with Gasteiger partial charge in [0.1, 0.15) is 5.75 Å². The monoisotopic (exact) mass is 402 g/mol. The van der Waals surface area contributed by atoms with Crippen molar-refractivity contribution in [2.24, 2.45) is 0 Å². The van der Waals surface area contributed by atoms with Gasteiger partial charge in [0.15, 0.2) is 6.61 Å². The molecule has 0 saturated heterocycles. The highest BCUT2D eigenvalue weighted by atomic mass is 79.9. The van der Waals surface area contributed by atoms with Crippen LogP contribution >= 0.6 is 27.5 Å². The zero-order chi connectivity index (χ0) is 17.0. The molecular formula is C14H9BrClFN2O4. The third-order valence-corrected chi connectivity index (χ3v) is 3.53. The number of carbonyl (C=O) groups excluding carboxylic acids is 1. The number of hydrogen-bond donors (Lipinski definition) is 1. The van der Waals surface area contributed by atoms with E-state index in [4.69, 9.17) is 16.3 Å². The van der Waals surface area contributed by atoms with Crippen LogP contribution in [0, 0.1) is 15.9 Å². The second-order valence-electron chi connectivity index (χ2n) is 4.33. The fourth-order valence-electron chi connectivity index (χ4n) is 1.66. The van der Waals surface area contributed by atoms with Gasteiger partial charge in [0.05, 0.1) is 9.40 Å². The summed E-state index contributed by atoms with van der Waals surface area (Å²) in [6.45, 7) is -0.328. The van der Waals surface area contributed by atoms with Gasteiger partial charge in [-0.25, -0.2) is 0 Å². The number of nitro groups is 1. The predicted octanol–water partition coefficient (Wildman–Crippen LogP) is 4.17. The number of ether oxygens (including phenoxy) is 1. The van der Waals surface area contributed by atoms with Gasteiger partial charge in [0, 0.05) is 16.8 Å². The number of nitro benzene ring substituents is 1. The summed E-state index contributed by atoms with van der Waals surface area (Å²) in [4.78, 5) is 21.6. The van der Waals surface area contributed by atoms with Gasteiger partial charge < -0.3 is 10.1 Å². The molecule has 1 N–H and O–H groups in total. The van der Waals surface area contributed by atoms with Crippen molar-refractivity contribution in [3.8, 4) is 5.75 Å². The van der Waals surface area contributed by atoms with E-state index in [2.05, 4.69) is 21.2 Å². The summed E-state index contributed by atoms with van der Waals surface area (Å²) in [5.41, 5.74) is -0.619. The van der Waals surface area contributed by atoms with Crippen molar-refractivity contribution in [2.45, 2.75) is 0 Å². The Hall–Kier alpha value is -2.19. The van der Waals surface area contributed by atoms with Crippen LogP contribution in [0.15, 0.2) is 40.9 Å². The number of hydrogen-bond acceptors (Lipinski definition) is 4. The van der Waals surface area contributed by atoms with Crippen LogP contribution in [-0.2, 0) is 4.79 Å². The van der Waals surface area contributed by atoms with Crippen LogP contribution in [0.3, 0.4) is 0 Å². The lowest BCUT2D eigenvalue weighted by Gasteiger charge is -2.09. The highest BCUT2D eigenvalue weighted by molar-refractivity contribution is 9.10. The highest BCUT2D eigenvalue weighted by Crippen LogP contribution is 2.28. The molecule has 0 saturated carbocycles. The summed E-state index contributed by atoms with van der Waals surface area (Å²) in [5.74, 6) is -1.11. The molecule has 2 aromatic carbocycles. The first-order valence-corrected chi connectivity index (χ1v) is 7.35. The Morgan fingerprint density at radius 2 is 2.09 bits per heavy atom. The molecule has 9 heteroatoms. The van der Waals surface area contributed by atoms with Gasteiger partial charge in [-0.15, -0.1) is 0 Å². The van der Waals surface area contributed by atoms with Crippen molar-refractivity contribution in [3.63, 3.8) is 0 Å². The SMILES string of the molecule is O=C(COc1ccc(Cl)cc1Br)Nc1ccc(F)c([N+](=O)[O-])c1. The molecule has 2 aromatic rings. The smallest absolute Gasteiger partial charge is 0.306 e. The van der Waals surface area contributed by atoms with E-state index in [1.165, 1.54) is 6.07 Å². The van der Waals surface area contributed by atoms with Gasteiger partial charge in [0.2, 0.25) is 5.82 Å². The summed E-state index contributed by atoms with van der Waals surface area (Å²) >= 11 is 9.03. The van der Waals surface area contributed by atoms with E-state index in [9.17, 15) is 19.3 Å². The summed E-state index contributed by atoms with van der Waals surface area (Å²) in [7, 11) is 0. The van der Waals surface area contributed by atoms with Gasteiger partial charge >= 0.3 is 5.69 Å². The van der Waals surface area contributed by atoms with Crippen LogP contribution in [0.5, 0.6) is 5.75 Å². The predicted molar refractivity (Wildman–Crippen MR) is 86.3 cm³/mol. The van der Waals surface area contributed by atoms with Crippen LogP contribution in [0.25, 0.3) is 0 Å². The Labute approximate surface area is 143 Å². The van der Waals surface area contributed by atoms with Crippen LogP contribution in [0.4, 0.5) is 15.8 Å². The molecule has 0 atom stereocenters. The van der Waals surface area contributed by atoms with Gasteiger partial charge in [-0.1, -0.05) is 11.6 Å². The quantitative estimate of drug-likeness (QED) is 0.600. The molecule has 6 nitrogen and oxygen atoms in total. The maximum absolute atomic E-state index is 13.2. The molecule has 0 spiro atoms. The van der Waals surface area contributed by atoms with Crippen molar-refractivity contribution in [3.05, 3.63) is 61.8 Å². The largest absolute Gasteiger partial charge is 0.483 e. The van der Waals surface area contributed by atoms with Gasteiger partial charge in [0.25, 0.3) is 5.91 Å². The minimum Gasteiger partial charge on any atom is -0.483 e. The molecule has 0 radical (unpaired) electrons. The molecule has 0 aliphatic heterocycles. The van der Waals surface area contributed by atoms with E-state index in [1.54, 1.807) is 18.2 Å². The maximum atomic E-state index is 13.2. The van der Waals surface area contributed by atoms with E-state index in [0.717, 1.165) is 12.1 Å². The molecular weight excluding hydrogens is 395 g/mol. The zero-order valence-corrected chi connectivity index (χ0v) is 13.7. The minimum absolute atomic E-state index is 0.0990. The summed E-state index contributed by atoms with van der Waals surface area (Å²) in [6, 6.07) is 7.86. The minimum atomic E-state index is -0.977. The van der Waals surface area contributed by atoms with Crippen LogP contribution in [-0.4, -0.2) is 17.4 Å². The molecule has 120 valence electrons. The molecule has 2 rings (SSSR count). The summed E-state index contributed by atoms with van der Waals surface area (Å²) in [6.07, 6.45) is 0. The third kappa shape index (κ3) is 4.64. The number of rotatable bonds is 5. The van der Waals surface area contributed by atoms with Crippen molar-refractivity contribution < 1.29 is 18.8 Å². The first kappa shape index (κ1) is 17.2. The molecule has 0 aliphatic carbocycles.